The number of nitrogens with one attached hydrogen (secondary N) is 1. The predicted octanol–water partition coefficient (Wildman–Crippen LogP) is 3.65. The zero-order chi connectivity index (χ0) is 19.0. The molecule has 10 heteroatoms. The number of halogens is 3. The lowest BCUT2D eigenvalue weighted by molar-refractivity contribution is 0.0841. The molecule has 1 atom stereocenters. The quantitative estimate of drug-likeness (QED) is 0.649. The van der Waals surface area contributed by atoms with E-state index in [4.69, 9.17) is 16.3 Å². The number of thiophene rings is 1. The molecule has 0 unspecified atom stereocenters. The van der Waals surface area contributed by atoms with Gasteiger partial charge in [-0.15, -0.1) is 11.3 Å². The molecule has 27 heavy (non-hydrogen) atoms. The van der Waals surface area contributed by atoms with E-state index < -0.39 is 17.0 Å². The molecular weight excluding hydrogens is 398 g/mol. The molecule has 1 amide bonds. The highest BCUT2D eigenvalue weighted by atomic mass is 35.5. The monoisotopic (exact) mass is 412 g/mol. The van der Waals surface area contributed by atoms with Crippen LogP contribution >= 0.6 is 22.9 Å². The summed E-state index contributed by atoms with van der Waals surface area (Å²) in [5.41, 5.74) is -0.0840. The lowest BCUT2D eigenvalue weighted by Crippen LogP contribution is -2.32. The number of aromatic nitrogens is 3. The highest BCUT2D eigenvalue weighted by Crippen LogP contribution is 2.35. The third kappa shape index (κ3) is 3.80. The van der Waals surface area contributed by atoms with Gasteiger partial charge in [0.05, 0.1) is 16.7 Å². The van der Waals surface area contributed by atoms with Gasteiger partial charge in [-0.25, -0.2) is 9.50 Å². The normalized spacial score (nSPS) is 17.5. The van der Waals surface area contributed by atoms with Gasteiger partial charge in [0.15, 0.2) is 11.3 Å². The number of ether oxygens (including phenoxy) is 1. The smallest absolute Gasteiger partial charge is 0.364 e. The molecule has 1 fully saturated rings. The summed E-state index contributed by atoms with van der Waals surface area (Å²) in [5, 5.41) is 4.86. The van der Waals surface area contributed by atoms with Crippen molar-refractivity contribution in [2.24, 2.45) is 0 Å². The Bertz CT molecular complexity index is 965. The van der Waals surface area contributed by atoms with Crippen LogP contribution in [0.15, 0.2) is 29.6 Å². The number of rotatable bonds is 5. The van der Waals surface area contributed by atoms with Gasteiger partial charge >= 0.3 is 5.38 Å². The molecule has 3 aromatic rings. The maximum absolute atomic E-state index is 13.9. The molecule has 1 aliphatic heterocycles. The largest absolute Gasteiger partial charge is 0.376 e. The Morgan fingerprint density at radius 3 is 3.00 bits per heavy atom. The molecule has 0 radical (unpaired) electrons. The summed E-state index contributed by atoms with van der Waals surface area (Å²) < 4.78 is 34.2. The number of carbonyl (C=O) groups excluding carboxylic acids is 1. The van der Waals surface area contributed by atoms with Crippen LogP contribution in [0.3, 0.4) is 0 Å². The summed E-state index contributed by atoms with van der Waals surface area (Å²) in [7, 11) is 0. The minimum atomic E-state index is -3.66. The molecule has 0 aromatic carbocycles. The van der Waals surface area contributed by atoms with Gasteiger partial charge in [-0.2, -0.15) is 13.9 Å². The standard InChI is InChI=1S/C17H15ClF2N4O2S/c18-17(19,20)14-7-11(13-4-2-6-27-13)22-15-8-12(23-24(14)15)16(25)21-9-10-3-1-5-26-10/h2,4,6-8,10H,1,3,5,9H2,(H,21,25)/t10-/m1/s1. The van der Waals surface area contributed by atoms with Gasteiger partial charge in [-0.05, 0) is 42.0 Å². The first-order valence-corrected chi connectivity index (χ1v) is 9.59. The molecule has 0 bridgehead atoms. The van der Waals surface area contributed by atoms with Crippen molar-refractivity contribution in [3.63, 3.8) is 0 Å². The number of hydrogen-bond donors (Lipinski definition) is 1. The van der Waals surface area contributed by atoms with Crippen LogP contribution in [0.25, 0.3) is 16.2 Å². The van der Waals surface area contributed by atoms with E-state index in [1.54, 1.807) is 12.1 Å². The second-order valence-electron chi connectivity index (χ2n) is 6.15. The third-order valence-corrected chi connectivity index (χ3v) is 5.32. The number of amides is 1. The highest BCUT2D eigenvalue weighted by Gasteiger charge is 2.33. The molecule has 4 rings (SSSR count). The van der Waals surface area contributed by atoms with Crippen molar-refractivity contribution in [1.82, 2.24) is 19.9 Å². The van der Waals surface area contributed by atoms with Crippen LogP contribution in [0.2, 0.25) is 0 Å². The topological polar surface area (TPSA) is 68.5 Å². The molecule has 1 saturated heterocycles. The summed E-state index contributed by atoms with van der Waals surface area (Å²) in [6.07, 6.45) is 1.80. The fourth-order valence-corrected chi connectivity index (χ4v) is 3.76. The zero-order valence-corrected chi connectivity index (χ0v) is 15.6. The molecule has 6 nitrogen and oxygen atoms in total. The van der Waals surface area contributed by atoms with E-state index in [1.165, 1.54) is 23.5 Å². The average Bonchev–Trinajstić information content (AvgIpc) is 3.38. The van der Waals surface area contributed by atoms with Gasteiger partial charge in [0.2, 0.25) is 0 Å². The number of carbonyl (C=O) groups is 1. The fourth-order valence-electron chi connectivity index (χ4n) is 2.94. The summed E-state index contributed by atoms with van der Waals surface area (Å²) in [4.78, 5) is 17.4. The first-order valence-electron chi connectivity index (χ1n) is 8.33. The summed E-state index contributed by atoms with van der Waals surface area (Å²) >= 11 is 6.64. The lowest BCUT2D eigenvalue weighted by Gasteiger charge is -2.11. The van der Waals surface area contributed by atoms with Gasteiger partial charge in [0, 0.05) is 19.2 Å². The Hall–Kier alpha value is -2.10. The fraction of sp³-hybridized carbons (Fsp3) is 0.353. The average molecular weight is 413 g/mol. The number of alkyl halides is 3. The Kier molecular flexibility index (Phi) is 4.83. The van der Waals surface area contributed by atoms with Gasteiger partial charge in [0.1, 0.15) is 5.69 Å². The Labute approximate surface area is 162 Å². The van der Waals surface area contributed by atoms with Crippen molar-refractivity contribution >= 4 is 34.5 Å². The van der Waals surface area contributed by atoms with Gasteiger partial charge in [-0.3, -0.25) is 4.79 Å². The van der Waals surface area contributed by atoms with Crippen molar-refractivity contribution in [3.05, 3.63) is 41.0 Å². The second kappa shape index (κ2) is 7.14. The summed E-state index contributed by atoms with van der Waals surface area (Å²) in [6.45, 7) is 1.03. The van der Waals surface area contributed by atoms with Crippen LogP contribution in [-0.2, 0) is 10.1 Å². The van der Waals surface area contributed by atoms with Crippen LogP contribution in [0, 0.1) is 0 Å². The Morgan fingerprint density at radius 1 is 1.48 bits per heavy atom. The van der Waals surface area contributed by atoms with Crippen LogP contribution in [0.5, 0.6) is 0 Å². The number of nitrogens with zero attached hydrogens (tertiary/aromatic N) is 3. The molecule has 142 valence electrons. The molecular formula is C17H15ClF2N4O2S. The van der Waals surface area contributed by atoms with E-state index in [2.05, 4.69) is 15.4 Å². The predicted molar refractivity (Wildman–Crippen MR) is 97.4 cm³/mol. The van der Waals surface area contributed by atoms with E-state index in [0.29, 0.717) is 23.7 Å². The van der Waals surface area contributed by atoms with E-state index in [-0.39, 0.29) is 17.4 Å². The molecule has 4 heterocycles. The van der Waals surface area contributed by atoms with E-state index >= 15 is 0 Å². The van der Waals surface area contributed by atoms with E-state index in [1.807, 2.05) is 5.38 Å². The third-order valence-electron chi connectivity index (χ3n) is 4.24. The first kappa shape index (κ1) is 18.3. The second-order valence-corrected chi connectivity index (χ2v) is 7.57. The zero-order valence-electron chi connectivity index (χ0n) is 14.0. The molecule has 0 saturated carbocycles. The minimum absolute atomic E-state index is 0.00834. The van der Waals surface area contributed by atoms with Crippen molar-refractivity contribution in [1.29, 1.82) is 0 Å². The highest BCUT2D eigenvalue weighted by molar-refractivity contribution is 7.13. The SMILES string of the molecule is O=C(NC[C@H]1CCCO1)c1cc2nc(-c3cccs3)cc(C(F)(F)Cl)n2n1. The van der Waals surface area contributed by atoms with Crippen molar-refractivity contribution in [2.75, 3.05) is 13.2 Å². The van der Waals surface area contributed by atoms with Crippen LogP contribution in [0.1, 0.15) is 29.0 Å². The van der Waals surface area contributed by atoms with Gasteiger partial charge < -0.3 is 10.1 Å². The maximum atomic E-state index is 13.9. The Balaban J connectivity index is 1.68. The molecule has 1 aliphatic rings. The maximum Gasteiger partial charge on any atom is 0.364 e. The van der Waals surface area contributed by atoms with Crippen LogP contribution in [-0.4, -0.2) is 39.8 Å². The summed E-state index contributed by atoms with van der Waals surface area (Å²) in [5.74, 6) is -0.475. The Morgan fingerprint density at radius 2 is 2.33 bits per heavy atom. The molecule has 0 aliphatic carbocycles. The van der Waals surface area contributed by atoms with Crippen LogP contribution < -0.4 is 5.32 Å². The molecule has 0 spiro atoms. The number of fused-ring (bicyclic) bond motifs is 1. The molecule has 1 N–H and O–H groups in total. The molecule has 3 aromatic heterocycles. The first-order chi connectivity index (χ1) is 12.9. The van der Waals surface area contributed by atoms with Crippen LogP contribution in [0.4, 0.5) is 8.78 Å². The van der Waals surface area contributed by atoms with E-state index in [0.717, 1.165) is 17.4 Å². The van der Waals surface area contributed by atoms with Crippen molar-refractivity contribution in [3.8, 4) is 10.6 Å². The van der Waals surface area contributed by atoms with E-state index in [9.17, 15) is 13.6 Å². The van der Waals surface area contributed by atoms with Crippen molar-refractivity contribution < 1.29 is 18.3 Å². The number of hydrogen-bond acceptors (Lipinski definition) is 5. The minimum Gasteiger partial charge on any atom is -0.376 e. The lowest BCUT2D eigenvalue weighted by atomic mass is 10.2. The summed E-state index contributed by atoms with van der Waals surface area (Å²) in [6, 6.07) is 6.12. The van der Waals surface area contributed by atoms with Gasteiger partial charge in [-0.1, -0.05) is 6.07 Å². The van der Waals surface area contributed by atoms with Crippen molar-refractivity contribution in [2.45, 2.75) is 24.3 Å². The van der Waals surface area contributed by atoms with Gasteiger partial charge in [0.25, 0.3) is 5.91 Å².